The number of amides is 1. The third-order valence-electron chi connectivity index (χ3n) is 3.70. The summed E-state index contributed by atoms with van der Waals surface area (Å²) >= 11 is 6.91. The van der Waals surface area contributed by atoms with Crippen LogP contribution >= 0.6 is 31.9 Å². The fraction of sp³-hybridized carbons (Fsp3) is 0. The second kappa shape index (κ2) is 9.96. The number of hydrazone groups is 2. The Bertz CT molecular complexity index is 1030. The van der Waals surface area contributed by atoms with Crippen LogP contribution in [0.5, 0.6) is 0 Å². The Morgan fingerprint density at radius 2 is 1.39 bits per heavy atom. The number of carbonyl (C=O) groups excluding carboxylic acids is 1. The minimum absolute atomic E-state index is 0.304. The molecule has 0 atom stereocenters. The molecule has 28 heavy (non-hydrogen) atoms. The molecule has 3 aromatic carbocycles. The zero-order chi connectivity index (χ0) is 19.8. The van der Waals surface area contributed by atoms with E-state index in [9.17, 15) is 4.79 Å². The maximum absolute atomic E-state index is 12.3. The average Bonchev–Trinajstić information content (AvgIpc) is 2.71. The van der Waals surface area contributed by atoms with Crippen molar-refractivity contribution in [2.24, 2.45) is 10.2 Å². The highest BCUT2D eigenvalue weighted by molar-refractivity contribution is 9.10. The molecule has 1 amide bonds. The van der Waals surface area contributed by atoms with Crippen molar-refractivity contribution in [1.82, 2.24) is 5.43 Å². The molecule has 0 bridgehead atoms. The molecule has 0 spiro atoms. The summed E-state index contributed by atoms with van der Waals surface area (Å²) in [6.07, 6.45) is 3.30. The Hall–Kier alpha value is -2.77. The lowest BCUT2D eigenvalue weighted by molar-refractivity contribution is 0.0955. The van der Waals surface area contributed by atoms with Gasteiger partial charge in [0.25, 0.3) is 5.91 Å². The van der Waals surface area contributed by atoms with Gasteiger partial charge in [-0.1, -0.05) is 74.3 Å². The molecule has 0 aromatic heterocycles. The number of nitrogens with zero attached hydrogens (tertiary/aromatic N) is 2. The molecular weight excluding hydrogens is 484 g/mol. The number of rotatable bonds is 6. The molecule has 0 unspecified atom stereocenters. The first kappa shape index (κ1) is 20.0. The van der Waals surface area contributed by atoms with E-state index in [1.807, 2.05) is 54.6 Å². The van der Waals surface area contributed by atoms with Crippen LogP contribution in [0.1, 0.15) is 21.5 Å². The molecule has 0 heterocycles. The molecular formula is C21H16Br2N4O. The van der Waals surface area contributed by atoms with E-state index in [1.54, 1.807) is 30.6 Å². The van der Waals surface area contributed by atoms with E-state index in [-0.39, 0.29) is 5.91 Å². The standard InChI is InChI=1S/C21H16Br2N4O/c22-19-10-3-1-6-16(19)13-24-26-18-9-5-8-15(12-18)21(28)27-25-14-17-7-2-4-11-20(17)23/h1-14,26H,(H,27,28). The first-order chi connectivity index (χ1) is 13.6. The minimum Gasteiger partial charge on any atom is -0.278 e. The predicted octanol–water partition coefficient (Wildman–Crippen LogP) is 5.42. The zero-order valence-corrected chi connectivity index (χ0v) is 17.8. The molecule has 5 nitrogen and oxygen atoms in total. The lowest BCUT2D eigenvalue weighted by Gasteiger charge is -2.04. The van der Waals surface area contributed by atoms with Gasteiger partial charge in [0, 0.05) is 25.6 Å². The Morgan fingerprint density at radius 1 is 0.786 bits per heavy atom. The van der Waals surface area contributed by atoms with Gasteiger partial charge in [-0.25, -0.2) is 5.43 Å². The highest BCUT2D eigenvalue weighted by atomic mass is 79.9. The van der Waals surface area contributed by atoms with Gasteiger partial charge in [0.1, 0.15) is 0 Å². The van der Waals surface area contributed by atoms with Crippen LogP contribution in [-0.2, 0) is 0 Å². The summed E-state index contributed by atoms with van der Waals surface area (Å²) in [5.74, 6) is -0.304. The van der Waals surface area contributed by atoms with Gasteiger partial charge in [-0.05, 0) is 30.3 Å². The largest absolute Gasteiger partial charge is 0.278 e. The number of hydrogen-bond donors (Lipinski definition) is 2. The van der Waals surface area contributed by atoms with Gasteiger partial charge in [-0.15, -0.1) is 0 Å². The summed E-state index contributed by atoms with van der Waals surface area (Å²) in [5, 5.41) is 8.22. The Labute approximate surface area is 179 Å². The van der Waals surface area contributed by atoms with Crippen LogP contribution < -0.4 is 10.9 Å². The molecule has 0 aliphatic carbocycles. The van der Waals surface area contributed by atoms with Crippen LogP contribution in [0.25, 0.3) is 0 Å². The second-order valence-electron chi connectivity index (χ2n) is 5.69. The van der Waals surface area contributed by atoms with E-state index in [4.69, 9.17) is 0 Å². The van der Waals surface area contributed by atoms with Gasteiger partial charge in [-0.2, -0.15) is 10.2 Å². The predicted molar refractivity (Wildman–Crippen MR) is 121 cm³/mol. The summed E-state index contributed by atoms with van der Waals surface area (Å²) in [6, 6.07) is 22.4. The van der Waals surface area contributed by atoms with E-state index in [1.165, 1.54) is 0 Å². The van der Waals surface area contributed by atoms with Gasteiger partial charge >= 0.3 is 0 Å². The zero-order valence-electron chi connectivity index (χ0n) is 14.6. The van der Waals surface area contributed by atoms with E-state index >= 15 is 0 Å². The van der Waals surface area contributed by atoms with Gasteiger partial charge in [0.15, 0.2) is 0 Å². The van der Waals surface area contributed by atoms with E-state index in [0.29, 0.717) is 11.3 Å². The van der Waals surface area contributed by atoms with Crippen molar-refractivity contribution in [3.63, 3.8) is 0 Å². The lowest BCUT2D eigenvalue weighted by atomic mass is 10.2. The van der Waals surface area contributed by atoms with E-state index in [0.717, 1.165) is 20.1 Å². The number of nitrogens with one attached hydrogen (secondary N) is 2. The fourth-order valence-corrected chi connectivity index (χ4v) is 3.07. The average molecular weight is 500 g/mol. The summed E-state index contributed by atoms with van der Waals surface area (Å²) in [7, 11) is 0. The molecule has 0 radical (unpaired) electrons. The van der Waals surface area contributed by atoms with Gasteiger partial charge < -0.3 is 0 Å². The summed E-state index contributed by atoms with van der Waals surface area (Å²) in [5.41, 5.74) is 8.46. The van der Waals surface area contributed by atoms with Crippen molar-refractivity contribution in [1.29, 1.82) is 0 Å². The molecule has 0 aliphatic rings. The van der Waals surface area contributed by atoms with Crippen molar-refractivity contribution in [2.45, 2.75) is 0 Å². The Morgan fingerprint density at radius 3 is 2.04 bits per heavy atom. The number of halogens is 2. The summed E-state index contributed by atoms with van der Waals surface area (Å²) < 4.78 is 1.86. The molecule has 0 aliphatic heterocycles. The van der Waals surface area contributed by atoms with E-state index in [2.05, 4.69) is 52.9 Å². The molecule has 2 N–H and O–H groups in total. The van der Waals surface area contributed by atoms with Crippen LogP contribution in [0.15, 0.2) is 91.9 Å². The molecule has 3 aromatic rings. The molecule has 3 rings (SSSR count). The van der Waals surface area contributed by atoms with E-state index < -0.39 is 0 Å². The highest BCUT2D eigenvalue weighted by Crippen LogP contribution is 2.15. The van der Waals surface area contributed by atoms with Crippen molar-refractivity contribution in [3.8, 4) is 0 Å². The third kappa shape index (κ3) is 5.61. The van der Waals surface area contributed by atoms with Crippen LogP contribution in [0.4, 0.5) is 5.69 Å². The van der Waals surface area contributed by atoms with Crippen LogP contribution in [0, 0.1) is 0 Å². The highest BCUT2D eigenvalue weighted by Gasteiger charge is 2.05. The van der Waals surface area contributed by atoms with Crippen LogP contribution in [0.3, 0.4) is 0 Å². The second-order valence-corrected chi connectivity index (χ2v) is 7.40. The number of benzene rings is 3. The third-order valence-corrected chi connectivity index (χ3v) is 5.15. The van der Waals surface area contributed by atoms with Gasteiger partial charge in [-0.3, -0.25) is 10.2 Å². The number of carbonyl (C=O) groups is 1. The summed E-state index contributed by atoms with van der Waals surface area (Å²) in [6.45, 7) is 0. The maximum Gasteiger partial charge on any atom is 0.271 e. The van der Waals surface area contributed by atoms with Gasteiger partial charge in [0.05, 0.1) is 18.1 Å². The lowest BCUT2D eigenvalue weighted by Crippen LogP contribution is -2.17. The minimum atomic E-state index is -0.304. The smallest absolute Gasteiger partial charge is 0.271 e. The van der Waals surface area contributed by atoms with Crippen molar-refractivity contribution in [3.05, 3.63) is 98.4 Å². The monoisotopic (exact) mass is 498 g/mol. The molecule has 140 valence electrons. The molecule has 0 fully saturated rings. The number of anilines is 1. The van der Waals surface area contributed by atoms with Crippen LogP contribution in [-0.4, -0.2) is 18.3 Å². The maximum atomic E-state index is 12.3. The summed E-state index contributed by atoms with van der Waals surface area (Å²) in [4.78, 5) is 12.3. The quantitative estimate of drug-likeness (QED) is 0.351. The molecule has 0 saturated heterocycles. The normalized spacial score (nSPS) is 11.1. The first-order valence-electron chi connectivity index (χ1n) is 8.35. The Balaban J connectivity index is 1.61. The number of hydrogen-bond acceptors (Lipinski definition) is 4. The topological polar surface area (TPSA) is 65.8 Å². The SMILES string of the molecule is O=C(NN=Cc1ccccc1Br)c1cccc(NN=Cc2ccccc2Br)c1. The Kier molecular flexibility index (Phi) is 7.11. The first-order valence-corrected chi connectivity index (χ1v) is 9.94. The van der Waals surface area contributed by atoms with Gasteiger partial charge in [0.2, 0.25) is 0 Å². The fourth-order valence-electron chi connectivity index (χ4n) is 2.29. The van der Waals surface area contributed by atoms with Crippen molar-refractivity contribution < 1.29 is 4.79 Å². The molecule has 0 saturated carbocycles. The van der Waals surface area contributed by atoms with Crippen molar-refractivity contribution >= 4 is 55.9 Å². The molecule has 7 heteroatoms. The van der Waals surface area contributed by atoms with Crippen LogP contribution in [0.2, 0.25) is 0 Å². The van der Waals surface area contributed by atoms with Crippen molar-refractivity contribution in [2.75, 3.05) is 5.43 Å².